The molecule has 1 aromatic rings. The van der Waals surface area contributed by atoms with Crippen LogP contribution in [0.25, 0.3) is 0 Å². The predicted octanol–water partition coefficient (Wildman–Crippen LogP) is -2.11. The van der Waals surface area contributed by atoms with E-state index in [1.807, 2.05) is 23.9 Å². The highest BCUT2D eigenvalue weighted by Crippen LogP contribution is 1.88. The number of rotatable bonds is 3. The van der Waals surface area contributed by atoms with Crippen LogP contribution in [-0.4, -0.2) is 4.57 Å². The van der Waals surface area contributed by atoms with Crippen LogP contribution >= 0.6 is 0 Å². The first-order chi connectivity index (χ1) is 4.83. The monoisotopic (exact) mass is 264 g/mol. The molecule has 0 atom stereocenters. The standard InChI is InChI=1S/C8H13N2.HI/c1-3-4-5-10-7-6-9(2)8-10;/h3,6-8H,1,4-5H2,2H3;1H/q+1;/p-1. The van der Waals surface area contributed by atoms with Gasteiger partial charge in [0.1, 0.15) is 12.4 Å². The van der Waals surface area contributed by atoms with E-state index in [1.165, 1.54) is 0 Å². The first-order valence-corrected chi connectivity index (χ1v) is 3.45. The van der Waals surface area contributed by atoms with E-state index in [1.54, 1.807) is 0 Å². The Morgan fingerprint density at radius 3 is 2.82 bits per heavy atom. The number of hydrogen-bond donors (Lipinski definition) is 0. The van der Waals surface area contributed by atoms with E-state index < -0.39 is 0 Å². The molecule has 0 unspecified atom stereocenters. The largest absolute Gasteiger partial charge is 1.00 e. The fourth-order valence-electron chi connectivity index (χ4n) is 0.874. The highest BCUT2D eigenvalue weighted by atomic mass is 127. The van der Waals surface area contributed by atoms with Gasteiger partial charge in [-0.3, -0.25) is 0 Å². The van der Waals surface area contributed by atoms with E-state index in [9.17, 15) is 0 Å². The molecule has 0 aliphatic heterocycles. The molecular formula is C8H13IN2. The minimum Gasteiger partial charge on any atom is -1.00 e. The van der Waals surface area contributed by atoms with Gasteiger partial charge in [0, 0.05) is 6.42 Å². The Morgan fingerprint density at radius 1 is 1.64 bits per heavy atom. The summed E-state index contributed by atoms with van der Waals surface area (Å²) in [6.07, 6.45) is 9.12. The third kappa shape index (κ3) is 3.55. The van der Waals surface area contributed by atoms with Crippen LogP contribution in [-0.2, 0) is 13.6 Å². The molecule has 1 heterocycles. The Morgan fingerprint density at radius 2 is 2.36 bits per heavy atom. The molecular weight excluding hydrogens is 251 g/mol. The lowest BCUT2D eigenvalue weighted by molar-refractivity contribution is -0.671. The highest BCUT2D eigenvalue weighted by Gasteiger charge is 1.95. The molecule has 0 N–H and O–H groups in total. The van der Waals surface area contributed by atoms with E-state index >= 15 is 0 Å². The van der Waals surface area contributed by atoms with Crippen molar-refractivity contribution in [2.75, 3.05) is 0 Å². The summed E-state index contributed by atoms with van der Waals surface area (Å²) >= 11 is 0. The molecule has 2 nitrogen and oxygen atoms in total. The summed E-state index contributed by atoms with van der Waals surface area (Å²) in [7, 11) is 2.02. The number of aryl methyl sites for hydroxylation is 2. The number of halogens is 1. The van der Waals surface area contributed by atoms with E-state index in [2.05, 4.69) is 23.7 Å². The van der Waals surface area contributed by atoms with Crippen LogP contribution in [0.2, 0.25) is 0 Å². The molecule has 0 amide bonds. The zero-order valence-corrected chi connectivity index (χ0v) is 8.86. The van der Waals surface area contributed by atoms with Gasteiger partial charge in [0.25, 0.3) is 0 Å². The fourth-order valence-corrected chi connectivity index (χ4v) is 0.874. The van der Waals surface area contributed by atoms with Crippen LogP contribution in [0.1, 0.15) is 6.42 Å². The highest BCUT2D eigenvalue weighted by molar-refractivity contribution is 4.71. The van der Waals surface area contributed by atoms with Gasteiger partial charge in [-0.2, -0.15) is 0 Å². The minimum absolute atomic E-state index is 0. The molecule has 62 valence electrons. The molecule has 0 radical (unpaired) electrons. The zero-order chi connectivity index (χ0) is 7.40. The van der Waals surface area contributed by atoms with Crippen LogP contribution in [0, 0.1) is 0 Å². The molecule has 0 spiro atoms. The van der Waals surface area contributed by atoms with Gasteiger partial charge in [-0.1, -0.05) is 6.08 Å². The molecule has 0 saturated carbocycles. The van der Waals surface area contributed by atoms with Gasteiger partial charge in [-0.15, -0.1) is 6.58 Å². The molecule has 1 rings (SSSR count). The second kappa shape index (κ2) is 5.35. The summed E-state index contributed by atoms with van der Waals surface area (Å²) < 4.78 is 4.17. The number of imidazole rings is 1. The van der Waals surface area contributed by atoms with Gasteiger partial charge >= 0.3 is 0 Å². The lowest BCUT2D eigenvalue weighted by atomic mass is 10.4. The Balaban J connectivity index is 0.000001000. The van der Waals surface area contributed by atoms with Crippen molar-refractivity contribution in [3.63, 3.8) is 0 Å². The second-order valence-electron chi connectivity index (χ2n) is 2.39. The predicted molar refractivity (Wildman–Crippen MR) is 40.4 cm³/mol. The van der Waals surface area contributed by atoms with Crippen molar-refractivity contribution >= 4 is 0 Å². The van der Waals surface area contributed by atoms with E-state index in [0.29, 0.717) is 0 Å². The third-order valence-electron chi connectivity index (χ3n) is 1.42. The van der Waals surface area contributed by atoms with Crippen molar-refractivity contribution in [2.45, 2.75) is 13.0 Å². The maximum absolute atomic E-state index is 3.66. The number of aromatic nitrogens is 2. The summed E-state index contributed by atoms with van der Waals surface area (Å²) in [5.74, 6) is 0. The maximum Gasteiger partial charge on any atom is 0.243 e. The summed E-state index contributed by atoms with van der Waals surface area (Å²) in [6.45, 7) is 4.69. The summed E-state index contributed by atoms with van der Waals surface area (Å²) in [5, 5.41) is 0. The normalized spacial score (nSPS) is 8.82. The van der Waals surface area contributed by atoms with E-state index in [4.69, 9.17) is 0 Å². The van der Waals surface area contributed by atoms with Crippen molar-refractivity contribution in [3.8, 4) is 0 Å². The zero-order valence-electron chi connectivity index (χ0n) is 6.70. The van der Waals surface area contributed by atoms with Crippen molar-refractivity contribution in [3.05, 3.63) is 31.4 Å². The average molecular weight is 264 g/mol. The van der Waals surface area contributed by atoms with Gasteiger partial charge in [-0.25, -0.2) is 9.13 Å². The molecule has 3 heteroatoms. The molecule has 0 aliphatic rings. The van der Waals surface area contributed by atoms with Crippen molar-refractivity contribution in [2.24, 2.45) is 7.05 Å². The van der Waals surface area contributed by atoms with Crippen LogP contribution in [0.4, 0.5) is 0 Å². The van der Waals surface area contributed by atoms with E-state index in [0.717, 1.165) is 13.0 Å². The average Bonchev–Trinajstić information content (AvgIpc) is 2.31. The lowest BCUT2D eigenvalue weighted by Crippen LogP contribution is -3.00. The van der Waals surface area contributed by atoms with Gasteiger partial charge in [0.05, 0.1) is 13.6 Å². The Kier molecular flexibility index (Phi) is 5.19. The Labute approximate surface area is 84.6 Å². The quantitative estimate of drug-likeness (QED) is 0.336. The molecule has 0 aliphatic carbocycles. The summed E-state index contributed by atoms with van der Waals surface area (Å²) in [5.41, 5.74) is 0. The second-order valence-corrected chi connectivity index (χ2v) is 2.39. The molecule has 0 bridgehead atoms. The van der Waals surface area contributed by atoms with Gasteiger partial charge in [0.15, 0.2) is 0 Å². The maximum atomic E-state index is 3.66. The number of allylic oxidation sites excluding steroid dienone is 1. The lowest BCUT2D eigenvalue weighted by Gasteiger charge is -1.88. The molecule has 1 aromatic heterocycles. The first kappa shape index (κ1) is 10.7. The molecule has 0 aromatic carbocycles. The number of nitrogens with zero attached hydrogens (tertiary/aromatic N) is 2. The Hall–Kier alpha value is -0.320. The Bertz CT molecular complexity index is 218. The van der Waals surface area contributed by atoms with Crippen molar-refractivity contribution < 1.29 is 28.5 Å². The first-order valence-electron chi connectivity index (χ1n) is 3.45. The van der Waals surface area contributed by atoms with Crippen LogP contribution in [0.15, 0.2) is 31.4 Å². The van der Waals surface area contributed by atoms with Crippen LogP contribution in [0.3, 0.4) is 0 Å². The van der Waals surface area contributed by atoms with Crippen molar-refractivity contribution in [1.82, 2.24) is 4.57 Å². The summed E-state index contributed by atoms with van der Waals surface area (Å²) in [4.78, 5) is 0. The van der Waals surface area contributed by atoms with Gasteiger partial charge in [-0.05, 0) is 0 Å². The third-order valence-corrected chi connectivity index (χ3v) is 1.42. The van der Waals surface area contributed by atoms with Crippen LogP contribution < -0.4 is 28.5 Å². The van der Waals surface area contributed by atoms with Gasteiger partial charge in [0.2, 0.25) is 6.33 Å². The van der Waals surface area contributed by atoms with Crippen molar-refractivity contribution in [1.29, 1.82) is 0 Å². The van der Waals surface area contributed by atoms with E-state index in [-0.39, 0.29) is 24.0 Å². The fraction of sp³-hybridized carbons (Fsp3) is 0.375. The SMILES string of the molecule is C=CCCn1cc[n+](C)c1.[I-]. The molecule has 0 saturated heterocycles. The molecule has 0 fully saturated rings. The van der Waals surface area contributed by atoms with Crippen LogP contribution in [0.5, 0.6) is 0 Å². The molecule has 11 heavy (non-hydrogen) atoms. The number of hydrogen-bond acceptors (Lipinski definition) is 0. The minimum atomic E-state index is 0. The van der Waals surface area contributed by atoms with Gasteiger partial charge < -0.3 is 24.0 Å². The smallest absolute Gasteiger partial charge is 0.243 e. The topological polar surface area (TPSA) is 8.81 Å². The summed E-state index contributed by atoms with van der Waals surface area (Å²) in [6, 6.07) is 0.